The number of ether oxygens (including phenoxy) is 2. The molecule has 6 unspecified atom stereocenters. The first-order chi connectivity index (χ1) is 11.0. The molecule has 1 saturated heterocycles. The fourth-order valence-electron chi connectivity index (χ4n) is 6.23. The summed E-state index contributed by atoms with van der Waals surface area (Å²) in [4.78, 5) is 14.8. The van der Waals surface area contributed by atoms with Crippen LogP contribution in [0.3, 0.4) is 0 Å². The second-order valence-corrected chi connectivity index (χ2v) is 7.63. The van der Waals surface area contributed by atoms with Gasteiger partial charge in [-0.2, -0.15) is 0 Å². The average Bonchev–Trinajstić information content (AvgIpc) is 2.87. The number of piperidine rings is 1. The van der Waals surface area contributed by atoms with Crippen LogP contribution in [0.4, 0.5) is 0 Å². The van der Waals surface area contributed by atoms with Crippen molar-refractivity contribution in [2.75, 3.05) is 14.2 Å². The third-order valence-corrected chi connectivity index (χ3v) is 7.06. The second kappa shape index (κ2) is 3.19. The van der Waals surface area contributed by atoms with Crippen molar-refractivity contribution in [1.82, 2.24) is 4.90 Å². The third kappa shape index (κ3) is 0.960. The quantitative estimate of drug-likeness (QED) is 0.769. The summed E-state index contributed by atoms with van der Waals surface area (Å²) in [6, 6.07) is 4.04. The van der Waals surface area contributed by atoms with Gasteiger partial charge in [-0.05, 0) is 43.7 Å². The zero-order valence-corrected chi connectivity index (χ0v) is 13.0. The molecule has 2 spiro atoms. The Morgan fingerprint density at radius 3 is 3.04 bits per heavy atom. The number of likely N-dealkylation sites (tertiary alicyclic amines) is 1. The van der Waals surface area contributed by atoms with Crippen LogP contribution in [0, 0.1) is 0 Å². The third-order valence-electron chi connectivity index (χ3n) is 7.06. The molecule has 5 aliphatic rings. The highest BCUT2D eigenvalue weighted by molar-refractivity contribution is 5.99. The molecule has 5 nitrogen and oxygen atoms in total. The topological polar surface area (TPSA) is 58.8 Å². The molecule has 2 heterocycles. The van der Waals surface area contributed by atoms with Crippen molar-refractivity contribution in [3.05, 3.63) is 35.4 Å². The van der Waals surface area contributed by atoms with Crippen molar-refractivity contribution >= 4 is 5.78 Å². The highest BCUT2D eigenvalue weighted by Gasteiger charge is 2.87. The number of fused-ring (bicyclic) bond motifs is 1. The van der Waals surface area contributed by atoms with E-state index in [1.807, 2.05) is 6.07 Å². The average molecular weight is 311 g/mol. The Morgan fingerprint density at radius 2 is 2.26 bits per heavy atom. The van der Waals surface area contributed by atoms with Crippen molar-refractivity contribution < 1.29 is 19.4 Å². The smallest absolute Gasteiger partial charge is 0.196 e. The Hall–Kier alpha value is -1.85. The summed E-state index contributed by atoms with van der Waals surface area (Å²) < 4.78 is 11.6. The first-order valence-corrected chi connectivity index (χ1v) is 8.05. The standard InChI is InChI=1S/C18H17NO4/c1-19-15-16(19)7-9-3-4-11(22-2)13-12(9)17(8-16)14(23-13)10(20)5-6-18(15,17)21/h3-6,14-15,21H,7-8H2,1-2H3. The van der Waals surface area contributed by atoms with Gasteiger partial charge in [0.25, 0.3) is 0 Å². The van der Waals surface area contributed by atoms with Crippen LogP contribution in [0.1, 0.15) is 17.5 Å². The van der Waals surface area contributed by atoms with Gasteiger partial charge in [0.2, 0.25) is 0 Å². The van der Waals surface area contributed by atoms with Gasteiger partial charge in [-0.15, -0.1) is 0 Å². The lowest BCUT2D eigenvalue weighted by atomic mass is 9.59. The van der Waals surface area contributed by atoms with Gasteiger partial charge in [0.1, 0.15) is 5.60 Å². The van der Waals surface area contributed by atoms with Crippen LogP contribution in [0.5, 0.6) is 11.5 Å². The Morgan fingerprint density at radius 1 is 1.43 bits per heavy atom. The van der Waals surface area contributed by atoms with Gasteiger partial charge in [-0.25, -0.2) is 0 Å². The van der Waals surface area contributed by atoms with E-state index in [0.29, 0.717) is 11.5 Å². The van der Waals surface area contributed by atoms with E-state index < -0.39 is 17.1 Å². The summed E-state index contributed by atoms with van der Waals surface area (Å²) in [6.45, 7) is 0. The predicted octanol–water partition coefficient (Wildman–Crippen LogP) is 0.577. The number of benzene rings is 1. The fraction of sp³-hybridized carbons (Fsp3) is 0.500. The normalized spacial score (nSPS) is 49.5. The van der Waals surface area contributed by atoms with E-state index in [2.05, 4.69) is 18.0 Å². The van der Waals surface area contributed by atoms with Crippen LogP contribution >= 0.6 is 0 Å². The van der Waals surface area contributed by atoms with Gasteiger partial charge >= 0.3 is 0 Å². The lowest BCUT2D eigenvalue weighted by molar-refractivity contribution is -0.131. The monoisotopic (exact) mass is 311 g/mol. The number of nitrogens with zero attached hydrogens (tertiary/aromatic N) is 1. The molecular formula is C18H17NO4. The first-order valence-electron chi connectivity index (χ1n) is 8.05. The van der Waals surface area contributed by atoms with E-state index in [9.17, 15) is 9.90 Å². The highest BCUT2D eigenvalue weighted by atomic mass is 16.5. The largest absolute Gasteiger partial charge is 0.493 e. The van der Waals surface area contributed by atoms with Gasteiger partial charge in [-0.3, -0.25) is 9.69 Å². The molecule has 1 aromatic carbocycles. The minimum Gasteiger partial charge on any atom is -0.493 e. The van der Waals surface area contributed by atoms with Gasteiger partial charge in [0.05, 0.1) is 18.6 Å². The maximum Gasteiger partial charge on any atom is 0.196 e. The molecule has 5 heteroatoms. The molecule has 0 amide bonds. The molecule has 1 saturated carbocycles. The molecule has 0 radical (unpaired) electrons. The van der Waals surface area contributed by atoms with Crippen molar-refractivity contribution in [3.63, 3.8) is 0 Å². The van der Waals surface area contributed by atoms with Gasteiger partial charge < -0.3 is 14.6 Å². The van der Waals surface area contributed by atoms with E-state index >= 15 is 0 Å². The number of hydrogen-bond acceptors (Lipinski definition) is 5. The molecule has 1 aromatic rings. The number of methoxy groups -OCH3 is 1. The molecule has 3 aliphatic carbocycles. The molecule has 2 bridgehead atoms. The zero-order valence-electron chi connectivity index (χ0n) is 13.0. The van der Waals surface area contributed by atoms with Crippen LogP contribution in [0.15, 0.2) is 24.3 Å². The van der Waals surface area contributed by atoms with E-state index in [0.717, 1.165) is 18.4 Å². The van der Waals surface area contributed by atoms with Crippen molar-refractivity contribution in [1.29, 1.82) is 0 Å². The SMILES string of the molecule is COc1ccc2c3c1OC1C(=O)C=CC4(O)C5N(C)C5(C2)CC314. The van der Waals surface area contributed by atoms with E-state index in [4.69, 9.17) is 9.47 Å². The summed E-state index contributed by atoms with van der Waals surface area (Å²) in [5, 5.41) is 11.7. The number of hydrogen-bond donors (Lipinski definition) is 1. The number of carbonyl (C=O) groups is 1. The number of aliphatic hydroxyl groups is 1. The molecule has 23 heavy (non-hydrogen) atoms. The summed E-state index contributed by atoms with van der Waals surface area (Å²) in [7, 11) is 3.68. The number of ketones is 1. The number of likely N-dealkylation sites (N-methyl/N-ethyl adjacent to an activating group) is 1. The van der Waals surface area contributed by atoms with Crippen molar-refractivity contribution in [2.24, 2.45) is 0 Å². The van der Waals surface area contributed by atoms with Crippen LogP contribution < -0.4 is 9.47 Å². The summed E-state index contributed by atoms with van der Waals surface area (Å²) in [5.41, 5.74) is 0.432. The molecule has 118 valence electrons. The zero-order chi connectivity index (χ0) is 15.8. The lowest BCUT2D eigenvalue weighted by Crippen LogP contribution is -2.62. The van der Waals surface area contributed by atoms with E-state index in [1.54, 1.807) is 13.2 Å². The second-order valence-electron chi connectivity index (χ2n) is 7.63. The van der Waals surface area contributed by atoms with Crippen LogP contribution in [0.2, 0.25) is 0 Å². The van der Waals surface area contributed by atoms with Gasteiger partial charge in [0, 0.05) is 11.1 Å². The number of rotatable bonds is 1. The molecule has 0 aromatic heterocycles. The van der Waals surface area contributed by atoms with Crippen LogP contribution in [-0.2, 0) is 16.6 Å². The summed E-state index contributed by atoms with van der Waals surface area (Å²) in [6.07, 6.45) is 4.26. The minimum absolute atomic E-state index is 0.0471. The fourth-order valence-corrected chi connectivity index (χ4v) is 6.23. The van der Waals surface area contributed by atoms with Crippen molar-refractivity contribution in [2.45, 2.75) is 41.5 Å². The Balaban J connectivity index is 1.75. The molecule has 2 aliphatic heterocycles. The predicted molar refractivity (Wildman–Crippen MR) is 80.8 cm³/mol. The Labute approximate surface area is 133 Å². The Kier molecular flexibility index (Phi) is 1.74. The molecule has 1 N–H and O–H groups in total. The molecule has 6 rings (SSSR count). The van der Waals surface area contributed by atoms with Gasteiger partial charge in [-0.1, -0.05) is 6.07 Å². The maximum absolute atomic E-state index is 12.6. The highest BCUT2D eigenvalue weighted by Crippen LogP contribution is 2.75. The summed E-state index contributed by atoms with van der Waals surface area (Å²) >= 11 is 0. The summed E-state index contributed by atoms with van der Waals surface area (Å²) in [5.74, 6) is 1.25. The van der Waals surface area contributed by atoms with Gasteiger partial charge in [0.15, 0.2) is 23.4 Å². The maximum atomic E-state index is 12.6. The van der Waals surface area contributed by atoms with E-state index in [-0.39, 0.29) is 17.4 Å². The van der Waals surface area contributed by atoms with Crippen molar-refractivity contribution in [3.8, 4) is 11.5 Å². The molecule has 6 atom stereocenters. The van der Waals surface area contributed by atoms with Crippen LogP contribution in [-0.4, -0.2) is 53.2 Å². The minimum atomic E-state index is -1.05. The van der Waals surface area contributed by atoms with E-state index in [1.165, 1.54) is 11.6 Å². The molecular weight excluding hydrogens is 294 g/mol. The Bertz CT molecular complexity index is 848. The molecule has 2 fully saturated rings. The lowest BCUT2D eigenvalue weighted by Gasteiger charge is -2.47. The van der Waals surface area contributed by atoms with Crippen LogP contribution in [0.25, 0.3) is 0 Å². The first kappa shape index (κ1) is 12.6. The number of carbonyl (C=O) groups excluding carboxylic acids is 1.